The highest BCUT2D eigenvalue weighted by atomic mass is 79.9. The van der Waals surface area contributed by atoms with Gasteiger partial charge in [0.1, 0.15) is 0 Å². The van der Waals surface area contributed by atoms with Gasteiger partial charge in [-0.25, -0.2) is 0 Å². The highest BCUT2D eigenvalue weighted by molar-refractivity contribution is 9.10. The zero-order valence-corrected chi connectivity index (χ0v) is 11.9. The summed E-state index contributed by atoms with van der Waals surface area (Å²) in [6.07, 6.45) is -4.35. The van der Waals surface area contributed by atoms with Gasteiger partial charge in [-0.3, -0.25) is 0 Å². The molecule has 0 aliphatic rings. The van der Waals surface area contributed by atoms with Crippen LogP contribution in [0.5, 0.6) is 0 Å². The van der Waals surface area contributed by atoms with E-state index in [2.05, 4.69) is 15.9 Å². The second kappa shape index (κ2) is 5.55. The Morgan fingerprint density at radius 2 is 1.58 bits per heavy atom. The third-order valence-electron chi connectivity index (χ3n) is 2.67. The molecule has 0 amide bonds. The smallest absolute Gasteiger partial charge is 0.166 e. The molecule has 0 heterocycles. The van der Waals surface area contributed by atoms with Crippen molar-refractivity contribution < 1.29 is 13.2 Å². The minimum Gasteiger partial charge on any atom is -0.166 e. The molecular formula is C14H9BrClF3. The Morgan fingerprint density at radius 3 is 2.16 bits per heavy atom. The molecule has 0 nitrogen and oxygen atoms in total. The number of hydrogen-bond acceptors (Lipinski definition) is 0. The van der Waals surface area contributed by atoms with Gasteiger partial charge in [0.05, 0.1) is 10.9 Å². The molecule has 1 atom stereocenters. The van der Waals surface area contributed by atoms with Crippen LogP contribution >= 0.6 is 27.5 Å². The lowest BCUT2D eigenvalue weighted by molar-refractivity contribution is -0.137. The molecule has 0 fully saturated rings. The first-order chi connectivity index (χ1) is 8.88. The molecule has 2 aromatic rings. The summed E-state index contributed by atoms with van der Waals surface area (Å²) in [7, 11) is 0. The fourth-order valence-electron chi connectivity index (χ4n) is 1.70. The summed E-state index contributed by atoms with van der Waals surface area (Å²) in [5, 5.41) is -0.601. The monoisotopic (exact) mass is 348 g/mol. The molecule has 0 aliphatic heterocycles. The van der Waals surface area contributed by atoms with Gasteiger partial charge in [-0.1, -0.05) is 40.2 Å². The van der Waals surface area contributed by atoms with Gasteiger partial charge in [-0.2, -0.15) is 13.2 Å². The lowest BCUT2D eigenvalue weighted by atomic mass is 10.0. The lowest BCUT2D eigenvalue weighted by Gasteiger charge is -2.13. The average molecular weight is 350 g/mol. The van der Waals surface area contributed by atoms with Crippen molar-refractivity contribution in [3.8, 4) is 0 Å². The van der Waals surface area contributed by atoms with Gasteiger partial charge >= 0.3 is 6.18 Å². The van der Waals surface area contributed by atoms with Crippen LogP contribution in [0.3, 0.4) is 0 Å². The van der Waals surface area contributed by atoms with Crippen LogP contribution < -0.4 is 0 Å². The molecule has 100 valence electrons. The van der Waals surface area contributed by atoms with Gasteiger partial charge in [-0.05, 0) is 35.4 Å². The Labute approximate surface area is 122 Å². The largest absolute Gasteiger partial charge is 0.416 e. The Bertz CT molecular complexity index is 564. The molecule has 0 aliphatic carbocycles. The summed E-state index contributed by atoms with van der Waals surface area (Å²) in [5.74, 6) is 0. The molecule has 0 aromatic heterocycles. The van der Waals surface area contributed by atoms with Gasteiger partial charge in [0.2, 0.25) is 0 Å². The van der Waals surface area contributed by atoms with Gasteiger partial charge < -0.3 is 0 Å². The van der Waals surface area contributed by atoms with E-state index in [1.54, 1.807) is 30.3 Å². The van der Waals surface area contributed by atoms with Crippen LogP contribution in [0.2, 0.25) is 0 Å². The molecule has 2 rings (SSSR count). The van der Waals surface area contributed by atoms with E-state index in [1.807, 2.05) is 0 Å². The third-order valence-corrected chi connectivity index (χ3v) is 3.70. The molecule has 1 unspecified atom stereocenters. The second-order valence-electron chi connectivity index (χ2n) is 4.04. The summed E-state index contributed by atoms with van der Waals surface area (Å²) < 4.78 is 38.8. The number of rotatable bonds is 2. The second-order valence-corrected chi connectivity index (χ2v) is 5.39. The van der Waals surface area contributed by atoms with Crippen molar-refractivity contribution in [2.75, 3.05) is 0 Å². The lowest BCUT2D eigenvalue weighted by Crippen LogP contribution is -2.06. The van der Waals surface area contributed by atoms with Crippen molar-refractivity contribution in [3.63, 3.8) is 0 Å². The molecule has 0 bridgehead atoms. The van der Waals surface area contributed by atoms with Gasteiger partial charge in [-0.15, -0.1) is 11.6 Å². The summed E-state index contributed by atoms with van der Waals surface area (Å²) in [4.78, 5) is 0. The minimum atomic E-state index is -4.35. The molecule has 2 aromatic carbocycles. The maximum Gasteiger partial charge on any atom is 0.416 e. The van der Waals surface area contributed by atoms with Gasteiger partial charge in [0.25, 0.3) is 0 Å². The Hall–Kier alpha value is -1.00. The topological polar surface area (TPSA) is 0 Å². The van der Waals surface area contributed by atoms with Crippen molar-refractivity contribution in [2.24, 2.45) is 0 Å². The Kier molecular flexibility index (Phi) is 4.21. The predicted octanol–water partition coefficient (Wildman–Crippen LogP) is 5.80. The van der Waals surface area contributed by atoms with Crippen LogP contribution in [0.4, 0.5) is 13.2 Å². The number of halogens is 5. The van der Waals surface area contributed by atoms with Gasteiger partial charge in [0, 0.05) is 4.47 Å². The fourth-order valence-corrected chi connectivity index (χ4v) is 2.24. The van der Waals surface area contributed by atoms with Crippen molar-refractivity contribution in [1.29, 1.82) is 0 Å². The van der Waals surface area contributed by atoms with E-state index in [4.69, 9.17) is 11.6 Å². The molecule has 0 saturated heterocycles. The number of alkyl halides is 4. The first-order valence-corrected chi connectivity index (χ1v) is 6.67. The first-order valence-electron chi connectivity index (χ1n) is 5.44. The van der Waals surface area contributed by atoms with Crippen LogP contribution in [0.25, 0.3) is 0 Å². The van der Waals surface area contributed by atoms with E-state index in [1.165, 1.54) is 6.07 Å². The van der Waals surface area contributed by atoms with Crippen LogP contribution in [-0.4, -0.2) is 0 Å². The first kappa shape index (κ1) is 14.4. The zero-order chi connectivity index (χ0) is 14.0. The molecule has 19 heavy (non-hydrogen) atoms. The summed E-state index contributed by atoms with van der Waals surface area (Å²) in [6, 6.07) is 12.2. The van der Waals surface area contributed by atoms with E-state index >= 15 is 0 Å². The van der Waals surface area contributed by atoms with Crippen LogP contribution in [0.15, 0.2) is 53.0 Å². The van der Waals surface area contributed by atoms with Crippen LogP contribution in [0, 0.1) is 0 Å². The normalized spacial score (nSPS) is 13.3. The predicted molar refractivity (Wildman–Crippen MR) is 73.3 cm³/mol. The molecule has 0 spiro atoms. The van der Waals surface area contributed by atoms with E-state index < -0.39 is 17.1 Å². The van der Waals surface area contributed by atoms with Crippen LogP contribution in [0.1, 0.15) is 22.1 Å². The zero-order valence-electron chi connectivity index (χ0n) is 9.59. The van der Waals surface area contributed by atoms with Gasteiger partial charge in [0.15, 0.2) is 0 Å². The third kappa shape index (κ3) is 3.51. The molecule has 0 N–H and O–H groups in total. The molecule has 5 heteroatoms. The molecular weight excluding hydrogens is 341 g/mol. The van der Waals surface area contributed by atoms with Crippen molar-refractivity contribution in [3.05, 3.63) is 69.7 Å². The average Bonchev–Trinajstić information content (AvgIpc) is 2.38. The van der Waals surface area contributed by atoms with E-state index in [-0.39, 0.29) is 0 Å². The van der Waals surface area contributed by atoms with Crippen molar-refractivity contribution in [1.82, 2.24) is 0 Å². The van der Waals surface area contributed by atoms with Crippen LogP contribution in [-0.2, 0) is 6.18 Å². The van der Waals surface area contributed by atoms with E-state index in [0.717, 1.165) is 22.2 Å². The van der Waals surface area contributed by atoms with E-state index in [0.29, 0.717) is 5.56 Å². The Balaban J connectivity index is 2.34. The quantitative estimate of drug-likeness (QED) is 0.601. The molecule has 0 radical (unpaired) electrons. The van der Waals surface area contributed by atoms with Crippen molar-refractivity contribution in [2.45, 2.75) is 11.6 Å². The Morgan fingerprint density at radius 1 is 0.947 bits per heavy atom. The highest BCUT2D eigenvalue weighted by Gasteiger charge is 2.30. The number of hydrogen-bond donors (Lipinski definition) is 0. The van der Waals surface area contributed by atoms with E-state index in [9.17, 15) is 13.2 Å². The summed E-state index contributed by atoms with van der Waals surface area (Å²) in [5.41, 5.74) is 0.496. The number of benzene rings is 2. The summed E-state index contributed by atoms with van der Waals surface area (Å²) in [6.45, 7) is 0. The standard InChI is InChI=1S/C14H9BrClF3/c15-12-6-4-9(5-7-12)13(16)10-2-1-3-11(8-10)14(17,18)19/h1-8,13H. The molecule has 0 saturated carbocycles. The van der Waals surface area contributed by atoms with Crippen molar-refractivity contribution >= 4 is 27.5 Å². The minimum absolute atomic E-state index is 0.429. The maximum atomic E-state index is 12.6. The maximum absolute atomic E-state index is 12.6. The SMILES string of the molecule is FC(F)(F)c1cccc(C(Cl)c2ccc(Br)cc2)c1. The highest BCUT2D eigenvalue weighted by Crippen LogP contribution is 2.34. The summed E-state index contributed by atoms with van der Waals surface area (Å²) >= 11 is 9.52. The fraction of sp³-hybridized carbons (Fsp3) is 0.143.